The van der Waals surface area contributed by atoms with Crippen LogP contribution in [0.25, 0.3) is 0 Å². The van der Waals surface area contributed by atoms with Crippen LogP contribution in [0.3, 0.4) is 0 Å². The Kier molecular flexibility index (Phi) is 5.32. The van der Waals surface area contributed by atoms with Gasteiger partial charge in [0.25, 0.3) is 0 Å². The molecule has 0 spiro atoms. The third-order valence-corrected chi connectivity index (χ3v) is 3.22. The molecule has 1 atom stereocenters. The maximum absolute atomic E-state index is 12.7. The molecule has 0 aliphatic rings. The van der Waals surface area contributed by atoms with Crippen LogP contribution in [0, 0.1) is 5.82 Å². The number of rotatable bonds is 7. The van der Waals surface area contributed by atoms with E-state index in [2.05, 4.69) is 0 Å². The van der Waals surface area contributed by atoms with Crippen molar-refractivity contribution in [1.29, 1.82) is 0 Å². The molecule has 1 N–H and O–H groups in total. The zero-order valence-corrected chi connectivity index (χ0v) is 11.5. The number of carbonyl (C=O) groups is 1. The number of carboxylic acid groups (broad SMARTS) is 1. The van der Waals surface area contributed by atoms with Gasteiger partial charge in [-0.15, -0.1) is 0 Å². The normalized spacial score (nSPS) is 11.9. The van der Waals surface area contributed by atoms with E-state index in [9.17, 15) is 14.3 Å². The Morgan fingerprint density at radius 1 is 1.10 bits per heavy atom. The minimum atomic E-state index is -0.831. The zero-order valence-electron chi connectivity index (χ0n) is 11.5. The third-order valence-electron chi connectivity index (χ3n) is 3.22. The first-order valence-electron chi connectivity index (χ1n) is 6.83. The van der Waals surface area contributed by atoms with Crippen molar-refractivity contribution in [3.05, 3.63) is 66.0 Å². The maximum atomic E-state index is 12.7. The highest BCUT2D eigenvalue weighted by Gasteiger charge is 2.18. The van der Waals surface area contributed by atoms with Crippen LogP contribution in [0.2, 0.25) is 0 Å². The van der Waals surface area contributed by atoms with Gasteiger partial charge in [-0.25, -0.2) is 4.39 Å². The Hall–Kier alpha value is -2.36. The number of hydrogen-bond acceptors (Lipinski definition) is 2. The number of benzene rings is 2. The van der Waals surface area contributed by atoms with Gasteiger partial charge in [0, 0.05) is 0 Å². The third kappa shape index (κ3) is 4.60. The summed E-state index contributed by atoms with van der Waals surface area (Å²) in [7, 11) is 0. The highest BCUT2D eigenvalue weighted by atomic mass is 19.1. The molecular formula is C17H17FO3. The van der Waals surface area contributed by atoms with E-state index in [1.54, 1.807) is 12.1 Å². The summed E-state index contributed by atoms with van der Waals surface area (Å²) in [5.74, 6) is -1.08. The van der Waals surface area contributed by atoms with Gasteiger partial charge in [0.1, 0.15) is 11.6 Å². The molecule has 2 rings (SSSR count). The van der Waals surface area contributed by atoms with Crippen molar-refractivity contribution >= 4 is 5.97 Å². The first kappa shape index (κ1) is 15.0. The smallest absolute Gasteiger partial charge is 0.310 e. The highest BCUT2D eigenvalue weighted by molar-refractivity contribution is 5.75. The molecule has 0 radical (unpaired) electrons. The zero-order chi connectivity index (χ0) is 15.1. The summed E-state index contributed by atoms with van der Waals surface area (Å²) in [5, 5.41) is 9.29. The van der Waals surface area contributed by atoms with E-state index in [1.807, 2.05) is 30.3 Å². The van der Waals surface area contributed by atoms with Crippen molar-refractivity contribution in [3.8, 4) is 5.75 Å². The van der Waals surface area contributed by atoms with Crippen LogP contribution in [0.4, 0.5) is 4.39 Å². The molecule has 0 bridgehead atoms. The molecule has 0 amide bonds. The SMILES string of the molecule is O=C(O)C(CCCOc1ccc(F)cc1)c1ccccc1. The molecule has 0 aliphatic carbocycles. The Morgan fingerprint density at radius 3 is 2.38 bits per heavy atom. The minimum Gasteiger partial charge on any atom is -0.494 e. The molecule has 2 aromatic rings. The topological polar surface area (TPSA) is 46.5 Å². The van der Waals surface area contributed by atoms with E-state index < -0.39 is 11.9 Å². The van der Waals surface area contributed by atoms with Crippen LogP contribution >= 0.6 is 0 Å². The first-order chi connectivity index (χ1) is 10.2. The molecule has 1 unspecified atom stereocenters. The van der Waals surface area contributed by atoms with Gasteiger partial charge in [-0.3, -0.25) is 4.79 Å². The molecule has 0 fully saturated rings. The van der Waals surface area contributed by atoms with Crippen molar-refractivity contribution in [1.82, 2.24) is 0 Å². The van der Waals surface area contributed by atoms with Gasteiger partial charge < -0.3 is 9.84 Å². The van der Waals surface area contributed by atoms with Crippen molar-refractivity contribution in [3.63, 3.8) is 0 Å². The van der Waals surface area contributed by atoms with E-state index in [0.717, 1.165) is 5.56 Å². The minimum absolute atomic E-state index is 0.308. The lowest BCUT2D eigenvalue weighted by Gasteiger charge is -2.13. The lowest BCUT2D eigenvalue weighted by atomic mass is 9.95. The van der Waals surface area contributed by atoms with Gasteiger partial charge in [0.2, 0.25) is 0 Å². The maximum Gasteiger partial charge on any atom is 0.310 e. The van der Waals surface area contributed by atoms with Crippen molar-refractivity contribution in [2.75, 3.05) is 6.61 Å². The number of ether oxygens (including phenoxy) is 1. The quantitative estimate of drug-likeness (QED) is 0.787. The summed E-state index contributed by atoms with van der Waals surface area (Å²) in [4.78, 5) is 11.3. The summed E-state index contributed by atoms with van der Waals surface area (Å²) < 4.78 is 18.2. The summed E-state index contributed by atoms with van der Waals surface area (Å²) >= 11 is 0. The molecule has 21 heavy (non-hydrogen) atoms. The number of halogens is 1. The summed E-state index contributed by atoms with van der Waals surface area (Å²) in [6, 6.07) is 14.9. The van der Waals surface area contributed by atoms with Crippen molar-refractivity contribution in [2.45, 2.75) is 18.8 Å². The molecule has 0 aliphatic heterocycles. The second-order valence-corrected chi connectivity index (χ2v) is 4.75. The van der Waals surface area contributed by atoms with Crippen molar-refractivity contribution < 1.29 is 19.0 Å². The second kappa shape index (κ2) is 7.43. The second-order valence-electron chi connectivity index (χ2n) is 4.75. The average Bonchev–Trinajstić information content (AvgIpc) is 2.49. The fraction of sp³-hybridized carbons (Fsp3) is 0.235. The molecule has 4 heteroatoms. The first-order valence-corrected chi connectivity index (χ1v) is 6.83. The van der Waals surface area contributed by atoms with Crippen LogP contribution in [-0.2, 0) is 4.79 Å². The van der Waals surface area contributed by atoms with Gasteiger partial charge >= 0.3 is 5.97 Å². The number of hydrogen-bond donors (Lipinski definition) is 1. The van der Waals surface area contributed by atoms with Crippen LogP contribution in [0.15, 0.2) is 54.6 Å². The Balaban J connectivity index is 1.83. The monoisotopic (exact) mass is 288 g/mol. The van der Waals surface area contributed by atoms with Gasteiger partial charge in [0.05, 0.1) is 12.5 Å². The van der Waals surface area contributed by atoms with Crippen LogP contribution in [-0.4, -0.2) is 17.7 Å². The Morgan fingerprint density at radius 2 is 1.76 bits per heavy atom. The molecular weight excluding hydrogens is 271 g/mol. The molecule has 0 aromatic heterocycles. The molecule has 0 saturated carbocycles. The molecule has 0 saturated heterocycles. The van der Waals surface area contributed by atoms with Crippen LogP contribution in [0.5, 0.6) is 5.75 Å². The average molecular weight is 288 g/mol. The van der Waals surface area contributed by atoms with Gasteiger partial charge in [-0.1, -0.05) is 30.3 Å². The van der Waals surface area contributed by atoms with Gasteiger partial charge in [-0.05, 0) is 42.7 Å². The van der Waals surface area contributed by atoms with Crippen LogP contribution in [0.1, 0.15) is 24.3 Å². The highest BCUT2D eigenvalue weighted by Crippen LogP contribution is 2.21. The lowest BCUT2D eigenvalue weighted by Crippen LogP contribution is -2.13. The predicted molar refractivity (Wildman–Crippen MR) is 77.9 cm³/mol. The summed E-state index contributed by atoms with van der Waals surface area (Å²) in [6.07, 6.45) is 1.11. The van der Waals surface area contributed by atoms with E-state index in [-0.39, 0.29) is 5.82 Å². The number of aliphatic carboxylic acids is 1. The fourth-order valence-corrected chi connectivity index (χ4v) is 2.13. The van der Waals surface area contributed by atoms with E-state index in [4.69, 9.17) is 4.74 Å². The fourth-order valence-electron chi connectivity index (χ4n) is 2.13. The van der Waals surface area contributed by atoms with Crippen molar-refractivity contribution in [2.24, 2.45) is 0 Å². The van der Waals surface area contributed by atoms with E-state index in [1.165, 1.54) is 12.1 Å². The summed E-state index contributed by atoms with van der Waals surface area (Å²) in [6.45, 7) is 0.405. The van der Waals surface area contributed by atoms with Crippen LogP contribution < -0.4 is 4.74 Å². The predicted octanol–water partition coefficient (Wildman–Crippen LogP) is 3.85. The Labute approximate surface area is 123 Å². The van der Waals surface area contributed by atoms with E-state index in [0.29, 0.717) is 25.2 Å². The molecule has 0 heterocycles. The Bertz CT molecular complexity index is 566. The molecule has 110 valence electrons. The largest absolute Gasteiger partial charge is 0.494 e. The lowest BCUT2D eigenvalue weighted by molar-refractivity contribution is -0.139. The summed E-state index contributed by atoms with van der Waals surface area (Å²) in [5.41, 5.74) is 0.798. The molecule has 3 nitrogen and oxygen atoms in total. The number of carboxylic acids is 1. The van der Waals surface area contributed by atoms with E-state index >= 15 is 0 Å². The van der Waals surface area contributed by atoms with Gasteiger partial charge in [-0.2, -0.15) is 0 Å². The molecule has 2 aromatic carbocycles. The van der Waals surface area contributed by atoms with Gasteiger partial charge in [0.15, 0.2) is 0 Å². The standard InChI is InChI=1S/C17H17FO3/c18-14-8-10-15(11-9-14)21-12-4-7-16(17(19)20)13-5-2-1-3-6-13/h1-3,5-6,8-11,16H,4,7,12H2,(H,19,20).